The summed E-state index contributed by atoms with van der Waals surface area (Å²) in [5.74, 6) is -2.92. The van der Waals surface area contributed by atoms with Crippen LogP contribution in [-0.2, 0) is 42.8 Å². The molecule has 63 heavy (non-hydrogen) atoms. The lowest BCUT2D eigenvalue weighted by molar-refractivity contribution is -0.319. The van der Waals surface area contributed by atoms with Gasteiger partial charge in [-0.05, 0) is 87.0 Å². The van der Waals surface area contributed by atoms with E-state index >= 15 is 0 Å². The minimum absolute atomic E-state index is 0.130. The average molecular weight is 897 g/mol. The Morgan fingerprint density at radius 2 is 1.51 bits per heavy atom. The van der Waals surface area contributed by atoms with Crippen LogP contribution in [0.25, 0.3) is 0 Å². The van der Waals surface area contributed by atoms with Crippen molar-refractivity contribution in [2.75, 3.05) is 41.5 Å². The molecule has 0 saturated carbocycles. The molecule has 0 radical (unpaired) electrons. The van der Waals surface area contributed by atoms with E-state index in [0.717, 1.165) is 5.75 Å². The second kappa shape index (κ2) is 22.8. The van der Waals surface area contributed by atoms with Crippen LogP contribution in [0.3, 0.4) is 0 Å². The summed E-state index contributed by atoms with van der Waals surface area (Å²) in [5, 5.41) is 51.7. The summed E-state index contributed by atoms with van der Waals surface area (Å²) in [6.07, 6.45) is -7.91. The number of ether oxygens (including phenoxy) is 8. The van der Waals surface area contributed by atoms with Crippen molar-refractivity contribution in [1.29, 1.82) is 0 Å². The van der Waals surface area contributed by atoms with E-state index in [9.17, 15) is 25.2 Å². The third-order valence-electron chi connectivity index (χ3n) is 13.9. The number of carbonyl (C=O) groups is 1. The first-order valence-corrected chi connectivity index (χ1v) is 22.8. The van der Waals surface area contributed by atoms with Gasteiger partial charge in [-0.15, -0.1) is 0 Å². The highest BCUT2D eigenvalue weighted by Crippen LogP contribution is 2.42. The molecular weight excluding hydrogens is 817 g/mol. The van der Waals surface area contributed by atoms with Crippen molar-refractivity contribution in [3.8, 4) is 5.75 Å². The number of para-hydroxylation sites is 1. The van der Waals surface area contributed by atoms with E-state index in [2.05, 4.69) is 5.16 Å². The number of carbonyl (C=O) groups excluding carboxylic acids is 1. The second-order valence-corrected chi connectivity index (χ2v) is 19.1. The van der Waals surface area contributed by atoms with Gasteiger partial charge in [-0.25, -0.2) is 0 Å². The standard InChI is InChI=1S/C47H80N2O14/c1-15-35-47(10,54)40(51)29(4)37(48-58-23-19-22-57-33-20-17-16-18-21-33)27(2)25-46(9,56-14)42(63-44-38(50)34(49(11)12)24-28(3)59-44)30(5)39(31(6)43(53)61-35)62-36-26-45(8,55-13)41(52)32(7)60-36/h16-18,20-21,27-32,34-36,38-42,44,50-52,54H,15,19,22-26H2,1-14H3/b48-37+/t27-,28-,29+,30+,31-,32+,34+,35-,36+,38-,39+,40-,41+,42-,44+,45-,46-,47-/m1/s1. The van der Waals surface area contributed by atoms with Gasteiger partial charge in [-0.3, -0.25) is 4.79 Å². The molecule has 3 heterocycles. The van der Waals surface area contributed by atoms with Crippen molar-refractivity contribution < 1.29 is 68.0 Å². The number of nitrogens with zero attached hydrogens (tertiary/aromatic N) is 2. The van der Waals surface area contributed by atoms with Crippen molar-refractivity contribution in [2.24, 2.45) is 28.8 Å². The molecule has 16 heteroatoms. The van der Waals surface area contributed by atoms with Gasteiger partial charge in [-0.2, -0.15) is 0 Å². The third kappa shape index (κ3) is 12.7. The average Bonchev–Trinajstić information content (AvgIpc) is 3.24. The summed E-state index contributed by atoms with van der Waals surface area (Å²) in [5.41, 5.74) is -3.74. The van der Waals surface area contributed by atoms with E-state index in [1.165, 1.54) is 14.0 Å². The zero-order valence-corrected chi connectivity index (χ0v) is 40.3. The summed E-state index contributed by atoms with van der Waals surface area (Å²) in [4.78, 5) is 22.4. The minimum atomic E-state index is -1.93. The summed E-state index contributed by atoms with van der Waals surface area (Å²) in [7, 11) is 6.89. The third-order valence-corrected chi connectivity index (χ3v) is 13.9. The van der Waals surface area contributed by atoms with Crippen LogP contribution in [0, 0.1) is 23.7 Å². The molecule has 0 bridgehead atoms. The molecule has 362 valence electrons. The summed E-state index contributed by atoms with van der Waals surface area (Å²) in [6.45, 7) is 18.4. The molecule has 0 aromatic heterocycles. The zero-order valence-electron chi connectivity index (χ0n) is 40.3. The Hall–Kier alpha value is -2.48. The SMILES string of the molecule is CC[C@H]1OC(=O)[C@H](C)[C@@H](O[C@H]2C[C@@](C)(OC)[C@@H](O)[C@H](C)O2)[C@H](C)[C@@H](O[C@@H]2O[C@H](C)C[C@H](N(C)C)[C@H]2O)[C@](C)(OC)C[C@@H](C)/C(=N\OCCCOc2ccccc2)[C@H](C)[C@@H](O)[C@]1(C)O. The van der Waals surface area contributed by atoms with Gasteiger partial charge >= 0.3 is 5.97 Å². The van der Waals surface area contributed by atoms with Crippen LogP contribution in [0.15, 0.2) is 35.5 Å². The van der Waals surface area contributed by atoms with Gasteiger partial charge in [0.15, 0.2) is 12.6 Å². The molecule has 4 rings (SSSR count). The Labute approximate surface area is 375 Å². The Bertz CT molecular complexity index is 1590. The zero-order chi connectivity index (χ0) is 47.0. The number of esters is 1. The van der Waals surface area contributed by atoms with Crippen molar-refractivity contribution >= 4 is 11.7 Å². The molecule has 18 atom stereocenters. The van der Waals surface area contributed by atoms with Gasteiger partial charge in [0.2, 0.25) is 0 Å². The van der Waals surface area contributed by atoms with E-state index in [4.69, 9.17) is 42.7 Å². The first kappa shape index (κ1) is 53.1. The van der Waals surface area contributed by atoms with Crippen molar-refractivity contribution in [2.45, 2.75) is 186 Å². The van der Waals surface area contributed by atoms with E-state index < -0.39 is 102 Å². The highest BCUT2D eigenvalue weighted by Gasteiger charge is 2.54. The fraction of sp³-hybridized carbons (Fsp3) is 0.830. The maximum atomic E-state index is 14.5. The minimum Gasteiger partial charge on any atom is -0.493 e. The molecular formula is C47H80N2O14. The lowest BCUT2D eigenvalue weighted by atomic mass is 9.73. The lowest BCUT2D eigenvalue weighted by Gasteiger charge is -2.50. The van der Waals surface area contributed by atoms with E-state index in [1.54, 1.807) is 41.7 Å². The normalized spacial score (nSPS) is 43.0. The van der Waals surface area contributed by atoms with Crippen LogP contribution < -0.4 is 4.74 Å². The van der Waals surface area contributed by atoms with Gasteiger partial charge < -0.3 is 68.1 Å². The van der Waals surface area contributed by atoms with E-state index in [-0.39, 0.29) is 38.0 Å². The van der Waals surface area contributed by atoms with Crippen LogP contribution >= 0.6 is 0 Å². The monoisotopic (exact) mass is 897 g/mol. The lowest BCUT2D eigenvalue weighted by Crippen LogP contribution is -2.61. The Balaban J connectivity index is 1.83. The molecule has 0 amide bonds. The molecule has 0 aliphatic carbocycles. The molecule has 0 spiro atoms. The first-order chi connectivity index (χ1) is 29.5. The molecule has 3 fully saturated rings. The maximum absolute atomic E-state index is 14.5. The predicted octanol–water partition coefficient (Wildman–Crippen LogP) is 4.71. The quantitative estimate of drug-likeness (QED) is 0.114. The molecule has 4 N–H and O–H groups in total. The van der Waals surface area contributed by atoms with Gasteiger partial charge in [0.05, 0.1) is 60.0 Å². The molecule has 3 saturated heterocycles. The molecule has 16 nitrogen and oxygen atoms in total. The maximum Gasteiger partial charge on any atom is 0.311 e. The van der Waals surface area contributed by atoms with E-state index in [1.807, 2.05) is 77.0 Å². The fourth-order valence-electron chi connectivity index (χ4n) is 9.72. The number of cyclic esters (lactones) is 1. The smallest absolute Gasteiger partial charge is 0.311 e. The number of rotatable bonds is 14. The molecule has 3 aliphatic heterocycles. The summed E-state index contributed by atoms with van der Waals surface area (Å²) >= 11 is 0. The summed E-state index contributed by atoms with van der Waals surface area (Å²) in [6, 6.07) is 9.18. The van der Waals surface area contributed by atoms with Crippen molar-refractivity contribution in [3.63, 3.8) is 0 Å². The number of hydrogen-bond acceptors (Lipinski definition) is 16. The van der Waals surface area contributed by atoms with Crippen molar-refractivity contribution in [3.05, 3.63) is 30.3 Å². The van der Waals surface area contributed by atoms with Gasteiger partial charge in [-0.1, -0.05) is 51.0 Å². The topological polar surface area (TPSA) is 197 Å². The van der Waals surface area contributed by atoms with Crippen molar-refractivity contribution in [1.82, 2.24) is 4.90 Å². The number of methoxy groups -OCH3 is 2. The summed E-state index contributed by atoms with van der Waals surface area (Å²) < 4.78 is 50.7. The van der Waals surface area contributed by atoms with Gasteiger partial charge in [0.1, 0.15) is 36.3 Å². The number of likely N-dealkylation sites (N-methyl/N-ethyl adjacent to an activating group) is 1. The Morgan fingerprint density at radius 3 is 2.11 bits per heavy atom. The molecule has 1 aromatic carbocycles. The van der Waals surface area contributed by atoms with Gasteiger partial charge in [0, 0.05) is 50.9 Å². The van der Waals surface area contributed by atoms with Crippen LogP contribution in [-0.4, -0.2) is 163 Å². The number of hydrogen-bond donors (Lipinski definition) is 4. The Morgan fingerprint density at radius 1 is 0.857 bits per heavy atom. The molecule has 1 aromatic rings. The van der Waals surface area contributed by atoms with Crippen LogP contribution in [0.2, 0.25) is 0 Å². The highest BCUT2D eigenvalue weighted by atomic mass is 16.7. The number of aliphatic hydroxyl groups is 4. The number of aliphatic hydroxyl groups excluding tert-OH is 3. The van der Waals surface area contributed by atoms with Crippen LogP contribution in [0.1, 0.15) is 101 Å². The second-order valence-electron chi connectivity index (χ2n) is 19.1. The molecule has 3 aliphatic rings. The van der Waals surface area contributed by atoms with Gasteiger partial charge in [0.25, 0.3) is 0 Å². The predicted molar refractivity (Wildman–Crippen MR) is 236 cm³/mol. The largest absolute Gasteiger partial charge is 0.493 e. The highest BCUT2D eigenvalue weighted by molar-refractivity contribution is 5.88. The fourth-order valence-corrected chi connectivity index (χ4v) is 9.72. The van der Waals surface area contributed by atoms with Crippen LogP contribution in [0.4, 0.5) is 0 Å². The van der Waals surface area contributed by atoms with Crippen LogP contribution in [0.5, 0.6) is 5.75 Å². The van der Waals surface area contributed by atoms with E-state index in [0.29, 0.717) is 25.2 Å². The number of oxime groups is 1. The Kier molecular flexibility index (Phi) is 19.2. The number of benzene rings is 1. The first-order valence-electron chi connectivity index (χ1n) is 22.8. The molecule has 0 unspecified atom stereocenters.